The molecule has 0 bridgehead atoms. The van der Waals surface area contributed by atoms with E-state index in [2.05, 4.69) is 10.6 Å². The van der Waals surface area contributed by atoms with Crippen LogP contribution in [0.4, 0.5) is 10.5 Å². The Bertz CT molecular complexity index is 543. The maximum absolute atomic E-state index is 11.7. The summed E-state index contributed by atoms with van der Waals surface area (Å²) in [6.07, 6.45) is 2.28. The van der Waals surface area contributed by atoms with Gasteiger partial charge < -0.3 is 20.5 Å². The molecule has 2 rings (SSSR count). The fraction of sp³-hybridized carbons (Fsp3) is 0.385. The first-order valence-corrected chi connectivity index (χ1v) is 6.54. The van der Waals surface area contributed by atoms with E-state index in [-0.39, 0.29) is 22.4 Å². The number of methoxy groups -OCH3 is 1. The van der Waals surface area contributed by atoms with Gasteiger partial charge in [-0.15, -0.1) is 0 Å². The Hall–Kier alpha value is -1.95. The summed E-state index contributed by atoms with van der Waals surface area (Å²) in [5, 5.41) is 14.5. The molecule has 1 aromatic rings. The van der Waals surface area contributed by atoms with Gasteiger partial charge in [-0.25, -0.2) is 9.59 Å². The number of carboxylic acids is 1. The number of ether oxygens (including phenoxy) is 1. The lowest BCUT2D eigenvalue weighted by atomic mass is 10.2. The van der Waals surface area contributed by atoms with Crippen molar-refractivity contribution in [1.82, 2.24) is 5.32 Å². The van der Waals surface area contributed by atoms with Crippen LogP contribution in [0.2, 0.25) is 5.02 Å². The topological polar surface area (TPSA) is 87.7 Å². The van der Waals surface area contributed by atoms with Crippen LogP contribution >= 0.6 is 11.6 Å². The predicted molar refractivity (Wildman–Crippen MR) is 74.7 cm³/mol. The minimum absolute atomic E-state index is 0.0542. The fourth-order valence-corrected chi connectivity index (χ4v) is 1.92. The number of aromatic carboxylic acids is 1. The van der Waals surface area contributed by atoms with E-state index in [9.17, 15) is 9.59 Å². The Kier molecular flexibility index (Phi) is 4.34. The molecule has 0 aliphatic heterocycles. The Morgan fingerprint density at radius 1 is 1.45 bits per heavy atom. The number of hydrogen-bond acceptors (Lipinski definition) is 3. The number of benzene rings is 1. The summed E-state index contributed by atoms with van der Waals surface area (Å²) in [6.45, 7) is 0.633. The Labute approximate surface area is 121 Å². The van der Waals surface area contributed by atoms with E-state index in [4.69, 9.17) is 21.4 Å². The molecular weight excluding hydrogens is 284 g/mol. The lowest BCUT2D eigenvalue weighted by Gasteiger charge is -2.12. The third-order valence-corrected chi connectivity index (χ3v) is 3.33. The number of carbonyl (C=O) groups is 2. The lowest BCUT2D eigenvalue weighted by molar-refractivity contribution is 0.0693. The van der Waals surface area contributed by atoms with Crippen molar-refractivity contribution < 1.29 is 19.4 Å². The number of amides is 2. The maximum atomic E-state index is 11.7. The molecule has 0 radical (unpaired) electrons. The molecule has 7 heteroatoms. The van der Waals surface area contributed by atoms with Crippen LogP contribution in [0.15, 0.2) is 12.1 Å². The van der Waals surface area contributed by atoms with E-state index in [1.54, 1.807) is 0 Å². The van der Waals surface area contributed by atoms with Gasteiger partial charge in [0.25, 0.3) is 0 Å². The normalized spacial score (nSPS) is 13.7. The van der Waals surface area contributed by atoms with Gasteiger partial charge in [-0.05, 0) is 24.8 Å². The summed E-state index contributed by atoms with van der Waals surface area (Å²) in [6, 6.07) is 2.27. The average Bonchev–Trinajstić information content (AvgIpc) is 3.22. The summed E-state index contributed by atoms with van der Waals surface area (Å²) in [5.74, 6) is -0.437. The third kappa shape index (κ3) is 3.54. The van der Waals surface area contributed by atoms with Gasteiger partial charge in [0.05, 0.1) is 17.8 Å². The zero-order valence-electron chi connectivity index (χ0n) is 10.9. The van der Waals surface area contributed by atoms with Gasteiger partial charge in [0, 0.05) is 12.6 Å². The highest BCUT2D eigenvalue weighted by Gasteiger charge is 2.22. The lowest BCUT2D eigenvalue weighted by Crippen LogP contribution is -2.30. The van der Waals surface area contributed by atoms with Crippen LogP contribution in [0.3, 0.4) is 0 Å². The second-order valence-electron chi connectivity index (χ2n) is 4.62. The van der Waals surface area contributed by atoms with Crippen molar-refractivity contribution in [3.63, 3.8) is 0 Å². The maximum Gasteiger partial charge on any atom is 0.339 e. The first-order valence-electron chi connectivity index (χ1n) is 6.17. The molecule has 0 aromatic heterocycles. The smallest absolute Gasteiger partial charge is 0.339 e. The summed E-state index contributed by atoms with van der Waals surface area (Å²) in [4.78, 5) is 22.7. The average molecular weight is 299 g/mol. The molecule has 2 amide bonds. The molecule has 0 heterocycles. The first-order chi connectivity index (χ1) is 9.51. The summed E-state index contributed by atoms with van der Waals surface area (Å²) in [7, 11) is 1.35. The number of hydrogen-bond donors (Lipinski definition) is 3. The number of rotatable bonds is 5. The molecule has 6 nitrogen and oxygen atoms in total. The van der Waals surface area contributed by atoms with E-state index in [0.717, 1.165) is 12.8 Å². The van der Waals surface area contributed by atoms with Gasteiger partial charge >= 0.3 is 12.0 Å². The van der Waals surface area contributed by atoms with Crippen molar-refractivity contribution in [2.75, 3.05) is 19.0 Å². The highest BCUT2D eigenvalue weighted by atomic mass is 35.5. The number of carboxylic acid groups (broad SMARTS) is 1. The number of nitrogens with one attached hydrogen (secondary N) is 2. The van der Waals surface area contributed by atoms with E-state index in [1.807, 2.05) is 0 Å². The van der Waals surface area contributed by atoms with E-state index >= 15 is 0 Å². The molecule has 1 saturated carbocycles. The van der Waals surface area contributed by atoms with Crippen LogP contribution in [-0.2, 0) is 0 Å². The molecular formula is C13H15ClN2O4. The van der Waals surface area contributed by atoms with Crippen molar-refractivity contribution in [2.24, 2.45) is 5.92 Å². The number of carbonyl (C=O) groups excluding carboxylic acids is 1. The fourth-order valence-electron chi connectivity index (χ4n) is 1.71. The van der Waals surface area contributed by atoms with Crippen LogP contribution in [0, 0.1) is 5.92 Å². The van der Waals surface area contributed by atoms with Crippen LogP contribution in [-0.4, -0.2) is 30.8 Å². The molecule has 0 atom stereocenters. The van der Waals surface area contributed by atoms with Crippen LogP contribution in [0.1, 0.15) is 23.2 Å². The standard InChI is InChI=1S/C13H15ClN2O4/c1-20-11-5-10(9(14)4-8(11)12(17)18)16-13(19)15-6-7-2-3-7/h4-5,7H,2-3,6H2,1H3,(H,17,18)(H2,15,16,19). The molecule has 1 aromatic carbocycles. The van der Waals surface area contributed by atoms with E-state index in [0.29, 0.717) is 18.2 Å². The van der Waals surface area contributed by atoms with Crippen molar-refractivity contribution in [3.05, 3.63) is 22.7 Å². The minimum atomic E-state index is -1.14. The van der Waals surface area contributed by atoms with Crippen LogP contribution in [0.25, 0.3) is 0 Å². The van der Waals surface area contributed by atoms with Gasteiger partial charge in [0.15, 0.2) is 0 Å². The summed E-state index contributed by atoms with van der Waals surface area (Å²) >= 11 is 5.96. The van der Waals surface area contributed by atoms with Crippen molar-refractivity contribution in [2.45, 2.75) is 12.8 Å². The quantitative estimate of drug-likeness (QED) is 0.779. The van der Waals surface area contributed by atoms with Gasteiger partial charge in [-0.2, -0.15) is 0 Å². The van der Waals surface area contributed by atoms with E-state index < -0.39 is 5.97 Å². The minimum Gasteiger partial charge on any atom is -0.496 e. The van der Waals surface area contributed by atoms with Crippen molar-refractivity contribution >= 4 is 29.3 Å². The largest absolute Gasteiger partial charge is 0.496 e. The second kappa shape index (κ2) is 6.00. The van der Waals surface area contributed by atoms with Crippen molar-refractivity contribution in [3.8, 4) is 5.75 Å². The van der Waals surface area contributed by atoms with Gasteiger partial charge in [0.2, 0.25) is 0 Å². The number of halogens is 1. The van der Waals surface area contributed by atoms with Gasteiger partial charge in [-0.3, -0.25) is 0 Å². The molecule has 0 spiro atoms. The van der Waals surface area contributed by atoms with Gasteiger partial charge in [-0.1, -0.05) is 11.6 Å². The van der Waals surface area contributed by atoms with Crippen LogP contribution in [0.5, 0.6) is 5.75 Å². The summed E-state index contributed by atoms with van der Waals surface area (Å²) in [5.41, 5.74) is 0.253. The molecule has 3 N–H and O–H groups in total. The Balaban J connectivity index is 2.10. The zero-order chi connectivity index (χ0) is 14.7. The zero-order valence-corrected chi connectivity index (χ0v) is 11.7. The third-order valence-electron chi connectivity index (χ3n) is 3.02. The predicted octanol–water partition coefficient (Wildman–Crippen LogP) is 2.58. The SMILES string of the molecule is COc1cc(NC(=O)NCC2CC2)c(Cl)cc1C(=O)O. The first kappa shape index (κ1) is 14.5. The highest BCUT2D eigenvalue weighted by molar-refractivity contribution is 6.34. The molecule has 1 aliphatic rings. The molecule has 108 valence electrons. The summed E-state index contributed by atoms with van der Waals surface area (Å²) < 4.78 is 4.98. The highest BCUT2D eigenvalue weighted by Crippen LogP contribution is 2.31. The molecule has 0 saturated heterocycles. The number of urea groups is 1. The monoisotopic (exact) mass is 298 g/mol. The van der Waals surface area contributed by atoms with Crippen LogP contribution < -0.4 is 15.4 Å². The molecule has 1 aliphatic carbocycles. The molecule has 1 fully saturated rings. The second-order valence-corrected chi connectivity index (χ2v) is 5.02. The van der Waals surface area contributed by atoms with E-state index in [1.165, 1.54) is 19.2 Å². The molecule has 0 unspecified atom stereocenters. The van der Waals surface area contributed by atoms with Crippen molar-refractivity contribution in [1.29, 1.82) is 0 Å². The van der Waals surface area contributed by atoms with Gasteiger partial charge in [0.1, 0.15) is 11.3 Å². The Morgan fingerprint density at radius 3 is 2.70 bits per heavy atom. The number of anilines is 1. The molecule has 20 heavy (non-hydrogen) atoms. The Morgan fingerprint density at radius 2 is 2.15 bits per heavy atom.